The lowest BCUT2D eigenvalue weighted by molar-refractivity contribution is 0.152. The van der Waals surface area contributed by atoms with Gasteiger partial charge in [0.2, 0.25) is 0 Å². The van der Waals surface area contributed by atoms with Gasteiger partial charge in [-0.1, -0.05) is 12.2 Å². The van der Waals surface area contributed by atoms with Crippen molar-refractivity contribution < 1.29 is 4.79 Å². The topological polar surface area (TPSA) is 53.4 Å². The third-order valence-corrected chi connectivity index (χ3v) is 5.31. The molecule has 1 aromatic rings. The highest BCUT2D eigenvalue weighted by Crippen LogP contribution is 2.19. The Kier molecular flexibility index (Phi) is 6.13. The molecular weight excluding hydrogens is 314 g/mol. The number of carbonyl (C=O) groups excluding carboxylic acids is 1. The molecule has 0 unspecified atom stereocenters. The summed E-state index contributed by atoms with van der Waals surface area (Å²) in [5.74, 6) is 0.620. The van der Waals surface area contributed by atoms with Crippen molar-refractivity contribution in [1.29, 1.82) is 0 Å². The van der Waals surface area contributed by atoms with E-state index in [0.29, 0.717) is 12.0 Å². The molecule has 0 radical (unpaired) electrons. The van der Waals surface area contributed by atoms with E-state index >= 15 is 0 Å². The number of amides is 2. The number of nitrogens with zero attached hydrogens (tertiary/aromatic N) is 4. The van der Waals surface area contributed by atoms with E-state index in [1.165, 1.54) is 5.57 Å². The molecule has 6 nitrogen and oxygen atoms in total. The van der Waals surface area contributed by atoms with Crippen LogP contribution >= 0.6 is 0 Å². The molecular formula is C19H31N5O. The van der Waals surface area contributed by atoms with Crippen molar-refractivity contribution in [3.63, 3.8) is 0 Å². The number of carbonyl (C=O) groups is 1. The maximum Gasteiger partial charge on any atom is 0.317 e. The summed E-state index contributed by atoms with van der Waals surface area (Å²) in [7, 11) is 0. The van der Waals surface area contributed by atoms with Crippen LogP contribution in [0.2, 0.25) is 0 Å². The first-order valence-electron chi connectivity index (χ1n) is 9.50. The first-order valence-corrected chi connectivity index (χ1v) is 9.50. The maximum atomic E-state index is 12.5. The van der Waals surface area contributed by atoms with E-state index in [0.717, 1.165) is 65.0 Å². The molecule has 0 bridgehead atoms. The summed E-state index contributed by atoms with van der Waals surface area (Å²) in [6, 6.07) is 2.40. The minimum atomic E-state index is 0.121. The zero-order valence-electron chi connectivity index (χ0n) is 15.4. The highest BCUT2D eigenvalue weighted by Gasteiger charge is 2.26. The lowest BCUT2D eigenvalue weighted by Crippen LogP contribution is -2.51. The van der Waals surface area contributed by atoms with Gasteiger partial charge in [-0.25, -0.2) is 4.79 Å². The molecule has 25 heavy (non-hydrogen) atoms. The molecule has 3 heterocycles. The van der Waals surface area contributed by atoms with Crippen molar-refractivity contribution in [3.8, 4) is 0 Å². The average molecular weight is 345 g/mol. The SMILES string of the molecule is C=C(C)CN1CCC(NC(=O)N2CCC(Cn3cccn3)CC2)CC1. The monoisotopic (exact) mass is 345 g/mol. The summed E-state index contributed by atoms with van der Waals surface area (Å²) >= 11 is 0. The van der Waals surface area contributed by atoms with Crippen LogP contribution in [0.5, 0.6) is 0 Å². The number of likely N-dealkylation sites (tertiary alicyclic amines) is 2. The van der Waals surface area contributed by atoms with Gasteiger partial charge in [0, 0.05) is 57.7 Å². The molecule has 0 atom stereocenters. The van der Waals surface area contributed by atoms with Gasteiger partial charge >= 0.3 is 6.03 Å². The fraction of sp³-hybridized carbons (Fsp3) is 0.684. The number of piperidine rings is 2. The predicted octanol–water partition coefficient (Wildman–Crippen LogP) is 2.35. The Bertz CT molecular complexity index is 554. The van der Waals surface area contributed by atoms with Crippen LogP contribution in [0.25, 0.3) is 0 Å². The molecule has 2 amide bonds. The Morgan fingerprint density at radius 3 is 2.52 bits per heavy atom. The summed E-state index contributed by atoms with van der Waals surface area (Å²) in [5.41, 5.74) is 1.21. The minimum absolute atomic E-state index is 0.121. The van der Waals surface area contributed by atoms with Gasteiger partial charge in [-0.2, -0.15) is 5.10 Å². The molecule has 2 aliphatic heterocycles. The molecule has 138 valence electrons. The van der Waals surface area contributed by atoms with Gasteiger partial charge in [-0.3, -0.25) is 9.58 Å². The molecule has 0 aromatic carbocycles. The molecule has 1 aromatic heterocycles. The Hall–Kier alpha value is -1.82. The van der Waals surface area contributed by atoms with Crippen molar-refractivity contribution in [3.05, 3.63) is 30.6 Å². The normalized spacial score (nSPS) is 20.6. The van der Waals surface area contributed by atoms with Gasteiger partial charge in [0.1, 0.15) is 0 Å². The molecule has 1 N–H and O–H groups in total. The molecule has 3 rings (SSSR count). The summed E-state index contributed by atoms with van der Waals surface area (Å²) in [4.78, 5) is 16.9. The van der Waals surface area contributed by atoms with Crippen molar-refractivity contribution in [1.82, 2.24) is 24.9 Å². The van der Waals surface area contributed by atoms with Gasteiger partial charge in [-0.15, -0.1) is 0 Å². The minimum Gasteiger partial charge on any atom is -0.335 e. The highest BCUT2D eigenvalue weighted by atomic mass is 16.2. The summed E-state index contributed by atoms with van der Waals surface area (Å²) in [6.07, 6.45) is 8.03. The van der Waals surface area contributed by atoms with Gasteiger partial charge in [0.25, 0.3) is 0 Å². The Balaban J connectivity index is 1.36. The van der Waals surface area contributed by atoms with Crippen molar-refractivity contribution in [2.24, 2.45) is 5.92 Å². The van der Waals surface area contributed by atoms with Crippen LogP contribution in [0, 0.1) is 5.92 Å². The molecule has 0 aliphatic carbocycles. The second-order valence-electron chi connectivity index (χ2n) is 7.62. The van der Waals surface area contributed by atoms with Gasteiger partial charge in [-0.05, 0) is 44.6 Å². The molecule has 2 fully saturated rings. The number of hydrogen-bond donors (Lipinski definition) is 1. The summed E-state index contributed by atoms with van der Waals surface area (Å²) in [6.45, 7) is 11.8. The van der Waals surface area contributed by atoms with Gasteiger partial charge < -0.3 is 10.2 Å². The van der Waals surface area contributed by atoms with Gasteiger partial charge in [0.15, 0.2) is 0 Å². The van der Waals surface area contributed by atoms with Crippen LogP contribution in [-0.2, 0) is 6.54 Å². The average Bonchev–Trinajstić information content (AvgIpc) is 3.10. The smallest absolute Gasteiger partial charge is 0.317 e. The zero-order valence-corrected chi connectivity index (χ0v) is 15.4. The lowest BCUT2D eigenvalue weighted by atomic mass is 9.97. The molecule has 2 saturated heterocycles. The van der Waals surface area contributed by atoms with Crippen molar-refractivity contribution in [2.45, 2.75) is 45.2 Å². The quantitative estimate of drug-likeness (QED) is 0.834. The largest absolute Gasteiger partial charge is 0.335 e. The third-order valence-electron chi connectivity index (χ3n) is 5.31. The van der Waals surface area contributed by atoms with Crippen LogP contribution in [0.4, 0.5) is 4.79 Å². The Labute approximate surface area is 150 Å². The first kappa shape index (κ1) is 18.0. The van der Waals surface area contributed by atoms with E-state index in [-0.39, 0.29) is 6.03 Å². The fourth-order valence-electron chi connectivity index (χ4n) is 3.87. The summed E-state index contributed by atoms with van der Waals surface area (Å²) < 4.78 is 2.00. The Morgan fingerprint density at radius 2 is 1.92 bits per heavy atom. The standard InChI is InChI=1S/C19H31N5O/c1-16(2)14-22-10-6-18(7-11-22)21-19(25)23-12-4-17(5-13-23)15-24-9-3-8-20-24/h3,8-9,17-18H,1,4-7,10-15H2,2H3,(H,21,25). The number of nitrogens with one attached hydrogen (secondary N) is 1. The van der Waals surface area contributed by atoms with Crippen LogP contribution in [-0.4, -0.2) is 64.4 Å². The number of hydrogen-bond acceptors (Lipinski definition) is 3. The first-order chi connectivity index (χ1) is 12.1. The van der Waals surface area contributed by atoms with Crippen molar-refractivity contribution >= 4 is 6.03 Å². The molecule has 0 spiro atoms. The molecule has 2 aliphatic rings. The van der Waals surface area contributed by atoms with E-state index in [2.05, 4.69) is 28.8 Å². The maximum absolute atomic E-state index is 12.5. The van der Waals surface area contributed by atoms with E-state index < -0.39 is 0 Å². The second-order valence-corrected chi connectivity index (χ2v) is 7.62. The van der Waals surface area contributed by atoms with E-state index in [9.17, 15) is 4.79 Å². The van der Waals surface area contributed by atoms with E-state index in [1.807, 2.05) is 28.0 Å². The second kappa shape index (κ2) is 8.52. The zero-order chi connectivity index (χ0) is 17.6. The Morgan fingerprint density at radius 1 is 1.20 bits per heavy atom. The number of aromatic nitrogens is 2. The van der Waals surface area contributed by atoms with Crippen LogP contribution in [0.1, 0.15) is 32.6 Å². The third kappa shape index (κ3) is 5.33. The fourth-order valence-corrected chi connectivity index (χ4v) is 3.87. The van der Waals surface area contributed by atoms with E-state index in [1.54, 1.807) is 0 Å². The van der Waals surface area contributed by atoms with Crippen LogP contribution in [0.3, 0.4) is 0 Å². The van der Waals surface area contributed by atoms with Crippen LogP contribution in [0.15, 0.2) is 30.6 Å². The predicted molar refractivity (Wildman–Crippen MR) is 99.3 cm³/mol. The van der Waals surface area contributed by atoms with Crippen LogP contribution < -0.4 is 5.32 Å². The van der Waals surface area contributed by atoms with E-state index in [4.69, 9.17) is 0 Å². The highest BCUT2D eigenvalue weighted by molar-refractivity contribution is 5.74. The lowest BCUT2D eigenvalue weighted by Gasteiger charge is -2.36. The van der Waals surface area contributed by atoms with Gasteiger partial charge in [0.05, 0.1) is 0 Å². The number of rotatable bonds is 5. The number of urea groups is 1. The summed E-state index contributed by atoms with van der Waals surface area (Å²) in [5, 5.41) is 7.52. The molecule has 0 saturated carbocycles. The molecule has 6 heteroatoms. The van der Waals surface area contributed by atoms with Crippen molar-refractivity contribution in [2.75, 3.05) is 32.7 Å².